The quantitative estimate of drug-likeness (QED) is 0.754. The van der Waals surface area contributed by atoms with Gasteiger partial charge in [0, 0.05) is 31.1 Å². The number of primary amides is 1. The molecule has 152 valence electrons. The van der Waals surface area contributed by atoms with Crippen molar-refractivity contribution in [3.63, 3.8) is 0 Å². The number of ether oxygens (including phenoxy) is 1. The Morgan fingerprint density at radius 1 is 1.38 bits per heavy atom. The van der Waals surface area contributed by atoms with Crippen LogP contribution in [0, 0.1) is 12.8 Å². The zero-order valence-corrected chi connectivity index (χ0v) is 16.6. The van der Waals surface area contributed by atoms with Crippen LogP contribution in [0.25, 0.3) is 11.3 Å². The van der Waals surface area contributed by atoms with Crippen molar-refractivity contribution in [2.75, 3.05) is 32.1 Å². The van der Waals surface area contributed by atoms with Crippen LogP contribution in [0.15, 0.2) is 30.9 Å². The van der Waals surface area contributed by atoms with Crippen molar-refractivity contribution in [1.82, 2.24) is 14.7 Å². The summed E-state index contributed by atoms with van der Waals surface area (Å²) >= 11 is 0. The number of likely N-dealkylation sites (tertiary alicyclic amines) is 1. The summed E-state index contributed by atoms with van der Waals surface area (Å²) in [5.41, 5.74) is 8.45. The normalized spacial score (nSPS) is 18.4. The second-order valence-corrected chi connectivity index (χ2v) is 7.56. The highest BCUT2D eigenvalue weighted by Gasteiger charge is 2.40. The van der Waals surface area contributed by atoms with Crippen LogP contribution in [0.3, 0.4) is 0 Å². The van der Waals surface area contributed by atoms with Gasteiger partial charge in [0.1, 0.15) is 22.8 Å². The van der Waals surface area contributed by atoms with Crippen molar-refractivity contribution in [2.45, 2.75) is 19.4 Å². The second kappa shape index (κ2) is 7.27. The summed E-state index contributed by atoms with van der Waals surface area (Å²) in [6, 6.07) is 5.83. The van der Waals surface area contributed by atoms with E-state index < -0.39 is 5.91 Å². The number of nitrogens with two attached hydrogens (primary N) is 1. The van der Waals surface area contributed by atoms with Crippen molar-refractivity contribution >= 4 is 17.6 Å². The molecule has 1 fully saturated rings. The molecule has 2 aliphatic rings. The first-order valence-corrected chi connectivity index (χ1v) is 9.67. The molecular formula is C21H25N5O3. The largest absolute Gasteiger partial charge is 0.496 e. The molecule has 4 rings (SSSR count). The number of nitrogens with zero attached hydrogens (tertiary/aromatic N) is 3. The molecule has 0 spiro atoms. The summed E-state index contributed by atoms with van der Waals surface area (Å²) in [6.45, 7) is 7.55. The maximum atomic E-state index is 12.3. The number of fused-ring (bicyclic) bond motifs is 1. The number of nitrogens with one attached hydrogen (secondary N) is 1. The highest BCUT2D eigenvalue weighted by Crippen LogP contribution is 2.40. The fourth-order valence-electron chi connectivity index (χ4n) is 4.21. The van der Waals surface area contributed by atoms with E-state index in [0.29, 0.717) is 30.2 Å². The number of aromatic nitrogens is 2. The van der Waals surface area contributed by atoms with Crippen LogP contribution in [0.1, 0.15) is 28.4 Å². The summed E-state index contributed by atoms with van der Waals surface area (Å²) in [5.74, 6) is 1.08. The minimum atomic E-state index is -0.522. The van der Waals surface area contributed by atoms with Crippen molar-refractivity contribution in [3.05, 3.63) is 42.0 Å². The predicted octanol–water partition coefficient (Wildman–Crippen LogP) is 1.97. The van der Waals surface area contributed by atoms with Crippen LogP contribution in [-0.2, 0) is 4.79 Å². The van der Waals surface area contributed by atoms with Gasteiger partial charge in [0.25, 0.3) is 5.91 Å². The van der Waals surface area contributed by atoms with Gasteiger partial charge < -0.3 is 20.7 Å². The van der Waals surface area contributed by atoms with E-state index in [4.69, 9.17) is 15.6 Å². The molecule has 1 atom stereocenters. The number of aryl methyl sites for hydroxylation is 1. The Balaban J connectivity index is 1.73. The van der Waals surface area contributed by atoms with Gasteiger partial charge in [-0.3, -0.25) is 9.59 Å². The molecule has 8 nitrogen and oxygen atoms in total. The number of carbonyl (C=O) groups is 2. The maximum Gasteiger partial charge on any atom is 0.254 e. The molecule has 3 heterocycles. The third-order valence-electron chi connectivity index (χ3n) is 5.83. The fraction of sp³-hybridized carbons (Fsp3) is 0.381. The Morgan fingerprint density at radius 2 is 2.14 bits per heavy atom. The van der Waals surface area contributed by atoms with Gasteiger partial charge in [0.15, 0.2) is 0 Å². The predicted molar refractivity (Wildman–Crippen MR) is 110 cm³/mol. The molecule has 29 heavy (non-hydrogen) atoms. The Bertz CT molecular complexity index is 990. The molecular weight excluding hydrogens is 370 g/mol. The van der Waals surface area contributed by atoms with Crippen LogP contribution in [-0.4, -0.2) is 53.2 Å². The number of carbonyl (C=O) groups excluding carboxylic acids is 2. The molecule has 1 aromatic carbocycles. The molecule has 0 bridgehead atoms. The lowest BCUT2D eigenvalue weighted by Gasteiger charge is -2.44. The molecule has 0 radical (unpaired) electrons. The van der Waals surface area contributed by atoms with E-state index in [2.05, 4.69) is 11.9 Å². The average molecular weight is 395 g/mol. The van der Waals surface area contributed by atoms with Crippen LogP contribution in [0.2, 0.25) is 0 Å². The topological polar surface area (TPSA) is 102 Å². The SMILES string of the molecule is C=CC(=O)N1CC(C2CCNc3c(C(N)=O)c(-c4ccc(C)c(OC)c4)nn32)C1. The van der Waals surface area contributed by atoms with E-state index in [-0.39, 0.29) is 17.9 Å². The number of benzene rings is 1. The first-order chi connectivity index (χ1) is 13.9. The van der Waals surface area contributed by atoms with E-state index in [1.54, 1.807) is 12.0 Å². The van der Waals surface area contributed by atoms with Crippen molar-refractivity contribution < 1.29 is 14.3 Å². The Hall–Kier alpha value is -3.29. The molecule has 2 amide bonds. The third kappa shape index (κ3) is 3.14. The Labute approximate surface area is 169 Å². The van der Waals surface area contributed by atoms with Crippen LogP contribution >= 0.6 is 0 Å². The summed E-state index contributed by atoms with van der Waals surface area (Å²) in [7, 11) is 1.61. The van der Waals surface area contributed by atoms with E-state index in [0.717, 1.165) is 29.8 Å². The lowest BCUT2D eigenvalue weighted by molar-refractivity contribution is -0.133. The molecule has 3 N–H and O–H groups in total. The molecule has 2 aromatic rings. The zero-order chi connectivity index (χ0) is 20.7. The van der Waals surface area contributed by atoms with Gasteiger partial charge in [-0.25, -0.2) is 4.68 Å². The van der Waals surface area contributed by atoms with Gasteiger partial charge in [0.05, 0.1) is 13.2 Å². The lowest BCUT2D eigenvalue weighted by Crippen LogP contribution is -2.53. The summed E-state index contributed by atoms with van der Waals surface area (Å²) in [5, 5.41) is 8.09. The standard InChI is InChI=1S/C21H25N5O3/c1-4-17(27)25-10-14(11-25)15-7-8-23-21-18(20(22)28)19(24-26(15)21)13-6-5-12(2)16(9-13)29-3/h4-6,9,14-15,23H,1,7-8,10-11H2,2-3H3,(H2,22,28). The van der Waals surface area contributed by atoms with Crippen LogP contribution in [0.5, 0.6) is 5.75 Å². The minimum Gasteiger partial charge on any atom is -0.496 e. The van der Waals surface area contributed by atoms with Gasteiger partial charge >= 0.3 is 0 Å². The van der Waals surface area contributed by atoms with Crippen molar-refractivity contribution in [3.8, 4) is 17.0 Å². The average Bonchev–Trinajstić information content (AvgIpc) is 3.07. The monoisotopic (exact) mass is 395 g/mol. The first kappa shape index (κ1) is 19.0. The number of hydrogen-bond acceptors (Lipinski definition) is 5. The Morgan fingerprint density at radius 3 is 2.79 bits per heavy atom. The van der Waals surface area contributed by atoms with E-state index in [9.17, 15) is 9.59 Å². The Kier molecular flexibility index (Phi) is 4.77. The maximum absolute atomic E-state index is 12.3. The number of methoxy groups -OCH3 is 1. The van der Waals surface area contributed by atoms with E-state index >= 15 is 0 Å². The third-order valence-corrected chi connectivity index (χ3v) is 5.83. The van der Waals surface area contributed by atoms with E-state index in [1.165, 1.54) is 6.08 Å². The van der Waals surface area contributed by atoms with Crippen LogP contribution < -0.4 is 15.8 Å². The lowest BCUT2D eigenvalue weighted by atomic mass is 9.88. The molecule has 8 heteroatoms. The van der Waals surface area contributed by atoms with Gasteiger partial charge in [0.2, 0.25) is 5.91 Å². The fourth-order valence-corrected chi connectivity index (χ4v) is 4.21. The zero-order valence-electron chi connectivity index (χ0n) is 16.6. The highest BCUT2D eigenvalue weighted by atomic mass is 16.5. The van der Waals surface area contributed by atoms with Crippen molar-refractivity contribution in [1.29, 1.82) is 0 Å². The number of amides is 2. The summed E-state index contributed by atoms with van der Waals surface area (Å²) in [6.07, 6.45) is 2.20. The van der Waals surface area contributed by atoms with Gasteiger partial charge in [-0.05, 0) is 31.1 Å². The molecule has 2 aliphatic heterocycles. The summed E-state index contributed by atoms with van der Waals surface area (Å²) < 4.78 is 7.31. The van der Waals surface area contributed by atoms with Crippen molar-refractivity contribution in [2.24, 2.45) is 11.7 Å². The number of rotatable bonds is 5. The molecule has 0 aliphatic carbocycles. The van der Waals surface area contributed by atoms with Gasteiger partial charge in [-0.2, -0.15) is 5.10 Å². The second-order valence-electron chi connectivity index (χ2n) is 7.56. The minimum absolute atomic E-state index is 0.0545. The van der Waals surface area contributed by atoms with E-state index in [1.807, 2.05) is 29.8 Å². The molecule has 1 aromatic heterocycles. The number of hydrogen-bond donors (Lipinski definition) is 2. The smallest absolute Gasteiger partial charge is 0.254 e. The summed E-state index contributed by atoms with van der Waals surface area (Å²) in [4.78, 5) is 25.9. The number of anilines is 1. The highest BCUT2D eigenvalue weighted by molar-refractivity contribution is 6.04. The molecule has 1 unspecified atom stereocenters. The van der Waals surface area contributed by atoms with Crippen LogP contribution in [0.4, 0.5) is 5.82 Å². The van der Waals surface area contributed by atoms with Gasteiger partial charge in [-0.15, -0.1) is 0 Å². The first-order valence-electron chi connectivity index (χ1n) is 9.67. The molecule has 1 saturated heterocycles. The molecule has 0 saturated carbocycles. The van der Waals surface area contributed by atoms with Gasteiger partial charge in [-0.1, -0.05) is 18.7 Å².